The Labute approximate surface area is 131 Å². The van der Waals surface area contributed by atoms with Crippen LogP contribution >= 0.6 is 0 Å². The van der Waals surface area contributed by atoms with Crippen LogP contribution in [-0.4, -0.2) is 20.8 Å². The summed E-state index contributed by atoms with van der Waals surface area (Å²) in [6.45, 7) is 2.24. The summed E-state index contributed by atoms with van der Waals surface area (Å²) in [7, 11) is -2.85. The topological polar surface area (TPSA) is 60.4 Å². The van der Waals surface area contributed by atoms with Crippen LogP contribution in [-0.2, 0) is 20.0 Å². The van der Waals surface area contributed by atoms with E-state index in [1.165, 1.54) is 57.8 Å². The Morgan fingerprint density at radius 1 is 0.857 bits per heavy atom. The maximum atomic E-state index is 10.5. The molecule has 0 fully saturated rings. The zero-order valence-electron chi connectivity index (χ0n) is 13.4. The highest BCUT2D eigenvalue weighted by Crippen LogP contribution is 2.14. The van der Waals surface area contributed by atoms with Crippen LogP contribution < -0.4 is 0 Å². The molecule has 0 aromatic carbocycles. The minimum absolute atomic E-state index is 0.168. The fourth-order valence-corrected chi connectivity index (χ4v) is 2.91. The quantitative estimate of drug-likeness (QED) is 0.263. The molecule has 4 nitrogen and oxygen atoms in total. The van der Waals surface area contributed by atoms with Crippen LogP contribution in [0.3, 0.4) is 0 Å². The van der Waals surface area contributed by atoms with Gasteiger partial charge in [-0.25, -0.2) is 8.42 Å². The molecule has 0 saturated carbocycles. The second-order valence-corrected chi connectivity index (χ2v) is 6.34. The van der Waals surface area contributed by atoms with Crippen LogP contribution in [0.2, 0.25) is 0 Å². The highest BCUT2D eigenvalue weighted by molar-refractivity contribution is 7.67. The van der Waals surface area contributed by atoms with Gasteiger partial charge in [0.05, 0.1) is 6.10 Å². The van der Waals surface area contributed by atoms with Gasteiger partial charge in [-0.05, 0) is 6.42 Å². The van der Waals surface area contributed by atoms with Gasteiger partial charge in [-0.2, -0.15) is 0 Å². The number of carbonyl (C=O) groups excluding carboxylic acids is 1. The maximum Gasteiger partial charge on any atom is 0.257 e. The molecule has 0 aliphatic carbocycles. The first-order valence-corrected chi connectivity index (χ1v) is 9.55. The summed E-state index contributed by atoms with van der Waals surface area (Å²) < 4.78 is 25.7. The standard InChI is InChI=1S/C16H32O4S/c1-2-3-4-5-6-7-8-9-10-11-12-13-16(14-15-17)20-21(18)19/h15-16,21H,2-14H2,1H3. The van der Waals surface area contributed by atoms with E-state index in [1.54, 1.807) is 0 Å². The lowest BCUT2D eigenvalue weighted by Crippen LogP contribution is -2.12. The molecule has 0 spiro atoms. The van der Waals surface area contributed by atoms with Crippen molar-refractivity contribution < 1.29 is 17.4 Å². The van der Waals surface area contributed by atoms with Crippen LogP contribution in [0.5, 0.6) is 0 Å². The molecule has 0 aromatic rings. The van der Waals surface area contributed by atoms with Gasteiger partial charge in [-0.3, -0.25) is 4.18 Å². The van der Waals surface area contributed by atoms with Gasteiger partial charge in [0.25, 0.3) is 11.0 Å². The molecule has 0 aromatic heterocycles. The van der Waals surface area contributed by atoms with E-state index in [0.717, 1.165) is 19.1 Å². The minimum Gasteiger partial charge on any atom is -0.303 e. The summed E-state index contributed by atoms with van der Waals surface area (Å²) in [6, 6.07) is 0. The second kappa shape index (κ2) is 16.0. The van der Waals surface area contributed by atoms with E-state index in [-0.39, 0.29) is 6.42 Å². The predicted molar refractivity (Wildman–Crippen MR) is 86.9 cm³/mol. The largest absolute Gasteiger partial charge is 0.303 e. The Morgan fingerprint density at radius 3 is 1.76 bits per heavy atom. The van der Waals surface area contributed by atoms with Crippen molar-refractivity contribution in [1.82, 2.24) is 0 Å². The smallest absolute Gasteiger partial charge is 0.257 e. The van der Waals surface area contributed by atoms with Crippen molar-refractivity contribution in [2.24, 2.45) is 0 Å². The Hall–Kier alpha value is -0.420. The van der Waals surface area contributed by atoms with Gasteiger partial charge in [-0.15, -0.1) is 0 Å². The van der Waals surface area contributed by atoms with E-state index in [1.807, 2.05) is 0 Å². The van der Waals surface area contributed by atoms with Crippen molar-refractivity contribution in [3.63, 3.8) is 0 Å². The first-order chi connectivity index (χ1) is 10.2. The molecule has 0 saturated heterocycles. The van der Waals surface area contributed by atoms with Gasteiger partial charge in [-0.1, -0.05) is 77.6 Å². The highest BCUT2D eigenvalue weighted by atomic mass is 32.2. The molecule has 1 unspecified atom stereocenters. The molecule has 0 heterocycles. The van der Waals surface area contributed by atoms with Crippen molar-refractivity contribution in [1.29, 1.82) is 0 Å². The van der Waals surface area contributed by atoms with Crippen LogP contribution in [0, 0.1) is 0 Å². The number of hydrogen-bond donors (Lipinski definition) is 1. The Balaban J connectivity index is 3.35. The Kier molecular flexibility index (Phi) is 15.6. The molecular weight excluding hydrogens is 288 g/mol. The van der Waals surface area contributed by atoms with Crippen LogP contribution in [0.1, 0.15) is 90.4 Å². The highest BCUT2D eigenvalue weighted by Gasteiger charge is 2.09. The van der Waals surface area contributed by atoms with Gasteiger partial charge >= 0.3 is 0 Å². The number of rotatable bonds is 16. The summed E-state index contributed by atoms with van der Waals surface area (Å²) in [5, 5.41) is 0. The first-order valence-electron chi connectivity index (χ1n) is 8.45. The molecule has 5 heteroatoms. The normalized spacial score (nSPS) is 12.7. The lowest BCUT2D eigenvalue weighted by atomic mass is 10.0. The van der Waals surface area contributed by atoms with Crippen LogP contribution in [0.4, 0.5) is 0 Å². The summed E-state index contributed by atoms with van der Waals surface area (Å²) in [4.78, 5) is 10.4. The van der Waals surface area contributed by atoms with Crippen molar-refractivity contribution >= 4 is 17.3 Å². The third-order valence-electron chi connectivity index (χ3n) is 3.72. The lowest BCUT2D eigenvalue weighted by Gasteiger charge is -2.10. The van der Waals surface area contributed by atoms with E-state index in [4.69, 9.17) is 4.18 Å². The number of aldehydes is 1. The zero-order chi connectivity index (χ0) is 15.8. The van der Waals surface area contributed by atoms with E-state index in [9.17, 15) is 13.2 Å². The summed E-state index contributed by atoms with van der Waals surface area (Å²) in [5.41, 5.74) is 0. The second-order valence-electron chi connectivity index (χ2n) is 5.68. The minimum atomic E-state index is -2.85. The average molecular weight is 320 g/mol. The third-order valence-corrected chi connectivity index (χ3v) is 4.19. The molecule has 126 valence electrons. The SMILES string of the molecule is CCCCCCCCCCCCCC(CC=O)O[SH](=O)=O. The van der Waals surface area contributed by atoms with E-state index in [2.05, 4.69) is 6.92 Å². The number of hydrogen-bond acceptors (Lipinski definition) is 4. The Morgan fingerprint density at radius 2 is 1.33 bits per heavy atom. The monoisotopic (exact) mass is 320 g/mol. The molecular formula is C16H32O4S. The van der Waals surface area contributed by atoms with E-state index in [0.29, 0.717) is 6.42 Å². The zero-order valence-corrected chi connectivity index (χ0v) is 14.3. The summed E-state index contributed by atoms with van der Waals surface area (Å²) in [6.07, 6.45) is 14.9. The van der Waals surface area contributed by atoms with Gasteiger partial charge < -0.3 is 4.79 Å². The molecule has 0 aliphatic rings. The molecule has 0 radical (unpaired) electrons. The molecule has 0 amide bonds. The molecule has 0 N–H and O–H groups in total. The molecule has 0 bridgehead atoms. The summed E-state index contributed by atoms with van der Waals surface area (Å²) >= 11 is 0. The lowest BCUT2D eigenvalue weighted by molar-refractivity contribution is -0.109. The van der Waals surface area contributed by atoms with Crippen LogP contribution in [0.15, 0.2) is 0 Å². The number of thiol groups is 1. The average Bonchev–Trinajstić information content (AvgIpc) is 2.44. The van der Waals surface area contributed by atoms with Crippen molar-refractivity contribution in [3.05, 3.63) is 0 Å². The molecule has 0 aliphatic heterocycles. The van der Waals surface area contributed by atoms with Crippen LogP contribution in [0.25, 0.3) is 0 Å². The van der Waals surface area contributed by atoms with Crippen molar-refractivity contribution in [2.45, 2.75) is 96.5 Å². The van der Waals surface area contributed by atoms with Crippen molar-refractivity contribution in [3.8, 4) is 0 Å². The number of unbranched alkanes of at least 4 members (excludes halogenated alkanes) is 10. The number of carbonyl (C=O) groups is 1. The van der Waals surface area contributed by atoms with Crippen molar-refractivity contribution in [2.75, 3.05) is 0 Å². The molecule has 1 atom stereocenters. The summed E-state index contributed by atoms with van der Waals surface area (Å²) in [5.74, 6) is 0. The maximum absolute atomic E-state index is 10.5. The van der Waals surface area contributed by atoms with Gasteiger partial charge in [0.15, 0.2) is 0 Å². The fraction of sp³-hybridized carbons (Fsp3) is 0.938. The third kappa shape index (κ3) is 15.8. The first kappa shape index (κ1) is 20.6. The molecule has 0 rings (SSSR count). The fourth-order valence-electron chi connectivity index (χ4n) is 2.48. The predicted octanol–water partition coefficient (Wildman–Crippen LogP) is 4.19. The van der Waals surface area contributed by atoms with Gasteiger partial charge in [0.1, 0.15) is 6.29 Å². The van der Waals surface area contributed by atoms with Gasteiger partial charge in [0, 0.05) is 6.42 Å². The van der Waals surface area contributed by atoms with E-state index < -0.39 is 17.1 Å². The van der Waals surface area contributed by atoms with E-state index >= 15 is 0 Å². The molecule has 21 heavy (non-hydrogen) atoms. The Bertz CT molecular complexity index is 295. The van der Waals surface area contributed by atoms with Gasteiger partial charge in [0.2, 0.25) is 0 Å².